The number of aromatic nitrogens is 1. The van der Waals surface area contributed by atoms with E-state index in [1.807, 2.05) is 41.3 Å². The summed E-state index contributed by atoms with van der Waals surface area (Å²) in [5.74, 6) is 0.447. The molecular weight excluding hydrogens is 394 g/mol. The van der Waals surface area contributed by atoms with E-state index in [1.54, 1.807) is 30.6 Å². The first-order chi connectivity index (χ1) is 13.6. The van der Waals surface area contributed by atoms with Gasteiger partial charge < -0.3 is 10.1 Å². The number of hydrogen-bond donors (Lipinski definition) is 1. The molecule has 0 spiro atoms. The van der Waals surface area contributed by atoms with Crippen LogP contribution in [0.15, 0.2) is 46.5 Å². The minimum Gasteiger partial charge on any atom is -0.497 e. The van der Waals surface area contributed by atoms with E-state index in [4.69, 9.17) is 4.74 Å². The van der Waals surface area contributed by atoms with Crippen LogP contribution in [-0.4, -0.2) is 28.9 Å². The Bertz CT molecular complexity index is 998. The number of urea groups is 1. The highest BCUT2D eigenvalue weighted by molar-refractivity contribution is 7.14. The van der Waals surface area contributed by atoms with Gasteiger partial charge in [0, 0.05) is 16.3 Å². The molecule has 1 aromatic carbocycles. The first-order valence-corrected chi connectivity index (χ1v) is 10.6. The van der Waals surface area contributed by atoms with Gasteiger partial charge in [0.15, 0.2) is 0 Å². The number of thiazole rings is 1. The molecule has 4 rings (SSSR count). The van der Waals surface area contributed by atoms with Crippen LogP contribution in [0.25, 0.3) is 10.6 Å². The fourth-order valence-corrected chi connectivity index (χ4v) is 4.87. The third-order valence-electron chi connectivity index (χ3n) is 4.93. The standard InChI is InChI=1S/C20H19N3O3S2/c1-3-20(14-4-6-16(26-2)7-5-14)18(24)23(19(25)22-20)10-15-12-28-17(21-15)13-8-9-27-11-13/h4-9,11-12H,3,10H2,1-2H3,(H,22,25)/t20-/m1/s1. The van der Waals surface area contributed by atoms with Crippen molar-refractivity contribution in [3.8, 4) is 16.3 Å². The quantitative estimate of drug-likeness (QED) is 0.614. The molecule has 3 aromatic rings. The Hall–Kier alpha value is -2.71. The summed E-state index contributed by atoms with van der Waals surface area (Å²) < 4.78 is 5.19. The predicted molar refractivity (Wildman–Crippen MR) is 109 cm³/mol. The second-order valence-electron chi connectivity index (χ2n) is 6.46. The van der Waals surface area contributed by atoms with Gasteiger partial charge in [-0.1, -0.05) is 19.1 Å². The largest absolute Gasteiger partial charge is 0.497 e. The van der Waals surface area contributed by atoms with E-state index in [1.165, 1.54) is 16.2 Å². The van der Waals surface area contributed by atoms with Gasteiger partial charge in [0.25, 0.3) is 5.91 Å². The molecule has 1 aliphatic heterocycles. The van der Waals surface area contributed by atoms with Gasteiger partial charge in [0.05, 0.1) is 19.3 Å². The van der Waals surface area contributed by atoms with Crippen molar-refractivity contribution in [2.45, 2.75) is 25.4 Å². The minimum atomic E-state index is -1.06. The van der Waals surface area contributed by atoms with Crippen LogP contribution in [-0.2, 0) is 16.9 Å². The number of carbonyl (C=O) groups is 2. The van der Waals surface area contributed by atoms with Gasteiger partial charge in [-0.3, -0.25) is 9.69 Å². The maximum atomic E-state index is 13.3. The number of thiophene rings is 1. The second-order valence-corrected chi connectivity index (χ2v) is 8.10. The van der Waals surface area contributed by atoms with Gasteiger partial charge >= 0.3 is 6.03 Å². The molecule has 144 valence electrons. The van der Waals surface area contributed by atoms with Gasteiger partial charge in [-0.15, -0.1) is 11.3 Å². The summed E-state index contributed by atoms with van der Waals surface area (Å²) in [5, 5.41) is 9.71. The van der Waals surface area contributed by atoms with Crippen LogP contribution in [0.1, 0.15) is 24.6 Å². The Balaban J connectivity index is 1.59. The lowest BCUT2D eigenvalue weighted by atomic mass is 9.87. The van der Waals surface area contributed by atoms with E-state index in [0.29, 0.717) is 17.9 Å². The molecule has 6 nitrogen and oxygen atoms in total. The number of nitrogens with one attached hydrogen (secondary N) is 1. The summed E-state index contributed by atoms with van der Waals surface area (Å²) in [7, 11) is 1.59. The number of rotatable bonds is 6. The minimum absolute atomic E-state index is 0.156. The molecule has 3 heterocycles. The average Bonchev–Trinajstić information content (AvgIpc) is 3.45. The Kier molecular flexibility index (Phi) is 4.91. The molecular formula is C20H19N3O3S2. The number of ether oxygens (including phenoxy) is 1. The number of amides is 3. The Morgan fingerprint density at radius 3 is 2.61 bits per heavy atom. The molecule has 1 aliphatic rings. The zero-order valence-corrected chi connectivity index (χ0v) is 17.1. The molecule has 28 heavy (non-hydrogen) atoms. The topological polar surface area (TPSA) is 71.5 Å². The first-order valence-electron chi connectivity index (χ1n) is 8.83. The summed E-state index contributed by atoms with van der Waals surface area (Å²) in [5.41, 5.74) is 1.44. The van der Waals surface area contributed by atoms with Crippen molar-refractivity contribution >= 4 is 34.6 Å². The van der Waals surface area contributed by atoms with Gasteiger partial charge in [-0.05, 0) is 35.6 Å². The summed E-state index contributed by atoms with van der Waals surface area (Å²) in [6.45, 7) is 2.05. The van der Waals surface area contributed by atoms with Crippen LogP contribution in [0.3, 0.4) is 0 Å². The van der Waals surface area contributed by atoms with E-state index in [0.717, 1.165) is 16.1 Å². The highest BCUT2D eigenvalue weighted by atomic mass is 32.1. The molecule has 0 unspecified atom stereocenters. The molecule has 1 fully saturated rings. The van der Waals surface area contributed by atoms with E-state index in [9.17, 15) is 9.59 Å². The van der Waals surface area contributed by atoms with Crippen LogP contribution in [0.4, 0.5) is 4.79 Å². The molecule has 0 aliphatic carbocycles. The van der Waals surface area contributed by atoms with Crippen molar-refractivity contribution in [1.82, 2.24) is 15.2 Å². The Labute approximate surface area is 170 Å². The van der Waals surface area contributed by atoms with Crippen LogP contribution in [0.2, 0.25) is 0 Å². The normalized spacial score (nSPS) is 19.1. The van der Waals surface area contributed by atoms with Crippen molar-refractivity contribution in [2.75, 3.05) is 7.11 Å². The van der Waals surface area contributed by atoms with Crippen LogP contribution in [0, 0.1) is 0 Å². The van der Waals surface area contributed by atoms with Gasteiger partial charge in [0.2, 0.25) is 0 Å². The average molecular weight is 414 g/mol. The molecule has 1 saturated heterocycles. The highest BCUT2D eigenvalue weighted by Gasteiger charge is 2.51. The molecule has 1 atom stereocenters. The number of benzene rings is 1. The number of hydrogen-bond acceptors (Lipinski definition) is 6. The fourth-order valence-electron chi connectivity index (χ4n) is 3.34. The van der Waals surface area contributed by atoms with E-state index < -0.39 is 11.6 Å². The number of imide groups is 1. The number of carbonyl (C=O) groups excluding carboxylic acids is 2. The third kappa shape index (κ3) is 3.08. The lowest BCUT2D eigenvalue weighted by molar-refractivity contribution is -0.132. The summed E-state index contributed by atoms with van der Waals surface area (Å²) in [6, 6.07) is 8.84. The van der Waals surface area contributed by atoms with Gasteiger partial charge in [-0.2, -0.15) is 11.3 Å². The van der Waals surface area contributed by atoms with Crippen LogP contribution >= 0.6 is 22.7 Å². The number of nitrogens with zero attached hydrogens (tertiary/aromatic N) is 2. The molecule has 0 saturated carbocycles. The fraction of sp³-hybridized carbons (Fsp3) is 0.250. The highest BCUT2D eigenvalue weighted by Crippen LogP contribution is 2.34. The molecule has 8 heteroatoms. The van der Waals surface area contributed by atoms with Crippen molar-refractivity contribution in [3.05, 3.63) is 57.7 Å². The summed E-state index contributed by atoms with van der Waals surface area (Å²) >= 11 is 3.12. The zero-order valence-electron chi connectivity index (χ0n) is 15.5. The molecule has 1 N–H and O–H groups in total. The molecule has 2 aromatic heterocycles. The predicted octanol–water partition coefficient (Wildman–Crippen LogP) is 4.24. The maximum absolute atomic E-state index is 13.3. The lowest BCUT2D eigenvalue weighted by Gasteiger charge is -2.25. The third-order valence-corrected chi connectivity index (χ3v) is 6.55. The van der Waals surface area contributed by atoms with E-state index >= 15 is 0 Å². The summed E-state index contributed by atoms with van der Waals surface area (Å²) in [4.78, 5) is 31.7. The zero-order chi connectivity index (χ0) is 19.7. The van der Waals surface area contributed by atoms with Crippen LogP contribution < -0.4 is 10.1 Å². The number of methoxy groups -OCH3 is 1. The van der Waals surface area contributed by atoms with E-state index in [-0.39, 0.29) is 12.5 Å². The van der Waals surface area contributed by atoms with Gasteiger partial charge in [-0.25, -0.2) is 9.78 Å². The monoisotopic (exact) mass is 413 g/mol. The van der Waals surface area contributed by atoms with Crippen LogP contribution in [0.5, 0.6) is 5.75 Å². The van der Waals surface area contributed by atoms with Gasteiger partial charge in [0.1, 0.15) is 16.3 Å². The second kappa shape index (κ2) is 7.37. The first kappa shape index (κ1) is 18.6. The molecule has 0 radical (unpaired) electrons. The van der Waals surface area contributed by atoms with E-state index in [2.05, 4.69) is 10.3 Å². The Morgan fingerprint density at radius 1 is 1.18 bits per heavy atom. The van der Waals surface area contributed by atoms with Crippen molar-refractivity contribution in [3.63, 3.8) is 0 Å². The van der Waals surface area contributed by atoms with Crippen molar-refractivity contribution in [2.24, 2.45) is 0 Å². The van der Waals surface area contributed by atoms with Crippen molar-refractivity contribution < 1.29 is 14.3 Å². The lowest BCUT2D eigenvalue weighted by Crippen LogP contribution is -2.43. The van der Waals surface area contributed by atoms with Crippen molar-refractivity contribution in [1.29, 1.82) is 0 Å². The SMILES string of the molecule is CC[C@]1(c2ccc(OC)cc2)NC(=O)N(Cc2csc(-c3ccsc3)n2)C1=O. The Morgan fingerprint density at radius 2 is 1.96 bits per heavy atom. The smallest absolute Gasteiger partial charge is 0.325 e. The molecule has 3 amide bonds. The maximum Gasteiger partial charge on any atom is 0.325 e. The molecule has 0 bridgehead atoms. The summed E-state index contributed by atoms with van der Waals surface area (Å²) in [6.07, 6.45) is 0.456.